The number of aromatic nitrogens is 2. The zero-order chi connectivity index (χ0) is 21.5. The van der Waals surface area contributed by atoms with Crippen LogP contribution in [0, 0.1) is 6.92 Å². The van der Waals surface area contributed by atoms with Crippen LogP contribution in [-0.2, 0) is 0 Å². The maximum atomic E-state index is 12.9. The van der Waals surface area contributed by atoms with Crippen LogP contribution in [0.4, 0.5) is 5.82 Å². The Balaban J connectivity index is 1.94. The first-order valence-electron chi connectivity index (χ1n) is 10.1. The third-order valence-electron chi connectivity index (χ3n) is 4.44. The van der Waals surface area contributed by atoms with Gasteiger partial charge in [0.2, 0.25) is 0 Å². The average Bonchev–Trinajstić information content (AvgIpc) is 3.10. The van der Waals surface area contributed by atoms with E-state index in [1.165, 1.54) is 0 Å². The van der Waals surface area contributed by atoms with E-state index in [0.717, 1.165) is 16.8 Å². The van der Waals surface area contributed by atoms with Crippen LogP contribution in [0.1, 0.15) is 36.8 Å². The maximum Gasteiger partial charge on any atom is 0.260 e. The van der Waals surface area contributed by atoms with E-state index in [9.17, 15) is 4.79 Å². The molecule has 1 aromatic heterocycles. The molecule has 0 aliphatic carbocycles. The average molecular weight is 409 g/mol. The topological polar surface area (TPSA) is 85.5 Å². The summed E-state index contributed by atoms with van der Waals surface area (Å²) >= 11 is 0. The fourth-order valence-electron chi connectivity index (χ4n) is 3.19. The molecule has 0 aliphatic rings. The van der Waals surface area contributed by atoms with Crippen molar-refractivity contribution in [2.45, 2.75) is 27.7 Å². The van der Waals surface area contributed by atoms with Gasteiger partial charge < -0.3 is 19.5 Å². The smallest absolute Gasteiger partial charge is 0.260 e. The van der Waals surface area contributed by atoms with Gasteiger partial charge in [-0.25, -0.2) is 0 Å². The standard InChI is InChI=1S/C23H27N3O4/c1-5-28-18-11-9-8-10-17(18)23(27)24-22-21(15(4)25-26-22)16-12-13-19(29-6-2)20(14-16)30-7-3/h8-14H,5-7H2,1-4H3,(H2,24,25,26,27). The lowest BCUT2D eigenvalue weighted by Gasteiger charge is -2.13. The van der Waals surface area contributed by atoms with Crippen LogP contribution >= 0.6 is 0 Å². The monoisotopic (exact) mass is 409 g/mol. The molecule has 3 aromatic rings. The Morgan fingerprint density at radius 2 is 1.60 bits per heavy atom. The molecule has 7 nitrogen and oxygen atoms in total. The Morgan fingerprint density at radius 3 is 2.33 bits per heavy atom. The number of hydrogen-bond donors (Lipinski definition) is 2. The number of nitrogens with zero attached hydrogens (tertiary/aromatic N) is 1. The largest absolute Gasteiger partial charge is 0.493 e. The summed E-state index contributed by atoms with van der Waals surface area (Å²) in [6, 6.07) is 12.8. The lowest BCUT2D eigenvalue weighted by molar-refractivity contribution is 0.102. The molecule has 7 heteroatoms. The second-order valence-corrected chi connectivity index (χ2v) is 6.48. The molecule has 0 saturated heterocycles. The van der Waals surface area contributed by atoms with Gasteiger partial charge in [0.25, 0.3) is 5.91 Å². The molecule has 0 unspecified atom stereocenters. The normalized spacial score (nSPS) is 10.5. The first kappa shape index (κ1) is 21.2. The number of rotatable bonds is 9. The van der Waals surface area contributed by atoms with Gasteiger partial charge in [0.1, 0.15) is 5.75 Å². The molecule has 0 spiro atoms. The van der Waals surface area contributed by atoms with E-state index >= 15 is 0 Å². The summed E-state index contributed by atoms with van der Waals surface area (Å²) in [5, 5.41) is 10.2. The van der Waals surface area contributed by atoms with Gasteiger partial charge in [-0.1, -0.05) is 18.2 Å². The highest BCUT2D eigenvalue weighted by Gasteiger charge is 2.19. The van der Waals surface area contributed by atoms with Crippen molar-refractivity contribution < 1.29 is 19.0 Å². The molecule has 0 atom stereocenters. The van der Waals surface area contributed by atoms with Crippen molar-refractivity contribution >= 4 is 11.7 Å². The minimum absolute atomic E-state index is 0.289. The molecular formula is C23H27N3O4. The molecule has 158 valence electrons. The highest BCUT2D eigenvalue weighted by molar-refractivity contribution is 6.07. The second-order valence-electron chi connectivity index (χ2n) is 6.48. The lowest BCUT2D eigenvalue weighted by atomic mass is 10.0. The third-order valence-corrected chi connectivity index (χ3v) is 4.44. The first-order chi connectivity index (χ1) is 14.6. The van der Waals surface area contributed by atoms with E-state index in [2.05, 4.69) is 15.5 Å². The second kappa shape index (κ2) is 9.82. The minimum atomic E-state index is -0.289. The van der Waals surface area contributed by atoms with Crippen molar-refractivity contribution in [1.82, 2.24) is 10.2 Å². The first-order valence-corrected chi connectivity index (χ1v) is 10.1. The van der Waals surface area contributed by atoms with Gasteiger partial charge in [0.05, 0.1) is 25.4 Å². The van der Waals surface area contributed by atoms with Gasteiger partial charge in [0.15, 0.2) is 17.3 Å². The molecule has 3 rings (SSSR count). The molecule has 30 heavy (non-hydrogen) atoms. The van der Waals surface area contributed by atoms with E-state index in [1.54, 1.807) is 18.2 Å². The highest BCUT2D eigenvalue weighted by atomic mass is 16.5. The Bertz CT molecular complexity index is 1010. The maximum absolute atomic E-state index is 12.9. The molecular weight excluding hydrogens is 382 g/mol. The van der Waals surface area contributed by atoms with Crippen molar-refractivity contribution in [3.63, 3.8) is 0 Å². The Hall–Kier alpha value is -3.48. The van der Waals surface area contributed by atoms with Crippen molar-refractivity contribution in [3.8, 4) is 28.4 Å². The molecule has 0 bridgehead atoms. The molecule has 2 aromatic carbocycles. The molecule has 0 aliphatic heterocycles. The van der Waals surface area contributed by atoms with E-state index in [-0.39, 0.29) is 5.91 Å². The SMILES string of the molecule is CCOc1ccc(-c2c(NC(=O)c3ccccc3OCC)n[nH]c2C)cc1OCC. The van der Waals surface area contributed by atoms with Gasteiger partial charge in [-0.05, 0) is 57.5 Å². The highest BCUT2D eigenvalue weighted by Crippen LogP contribution is 2.37. The van der Waals surface area contributed by atoms with E-state index in [4.69, 9.17) is 14.2 Å². The van der Waals surface area contributed by atoms with Crippen LogP contribution in [0.3, 0.4) is 0 Å². The number of aromatic amines is 1. The predicted molar refractivity (Wildman–Crippen MR) is 117 cm³/mol. The number of carbonyl (C=O) groups excluding carboxylic acids is 1. The number of ether oxygens (including phenoxy) is 3. The number of amides is 1. The predicted octanol–water partition coefficient (Wildman–Crippen LogP) is 4.83. The summed E-state index contributed by atoms with van der Waals surface area (Å²) in [7, 11) is 0. The van der Waals surface area contributed by atoms with Crippen LogP contribution < -0.4 is 19.5 Å². The summed E-state index contributed by atoms with van der Waals surface area (Å²) in [5.74, 6) is 2.01. The van der Waals surface area contributed by atoms with Crippen LogP contribution in [0.25, 0.3) is 11.1 Å². The lowest BCUT2D eigenvalue weighted by Crippen LogP contribution is -2.14. The van der Waals surface area contributed by atoms with Gasteiger partial charge in [-0.15, -0.1) is 0 Å². The van der Waals surface area contributed by atoms with E-state index in [1.807, 2.05) is 52.0 Å². The fraction of sp³-hybridized carbons (Fsp3) is 0.304. The van der Waals surface area contributed by atoms with Crippen molar-refractivity contribution in [3.05, 3.63) is 53.7 Å². The zero-order valence-electron chi connectivity index (χ0n) is 17.7. The summed E-state index contributed by atoms with van der Waals surface area (Å²) < 4.78 is 17.0. The van der Waals surface area contributed by atoms with Crippen molar-refractivity contribution in [1.29, 1.82) is 0 Å². The van der Waals surface area contributed by atoms with Crippen LogP contribution in [0.15, 0.2) is 42.5 Å². The number of benzene rings is 2. The molecule has 0 radical (unpaired) electrons. The van der Waals surface area contributed by atoms with Gasteiger partial charge in [-0.2, -0.15) is 5.10 Å². The number of carbonyl (C=O) groups is 1. The molecule has 0 saturated carbocycles. The number of aryl methyl sites for hydroxylation is 1. The van der Waals surface area contributed by atoms with Gasteiger partial charge in [-0.3, -0.25) is 9.89 Å². The number of anilines is 1. The quantitative estimate of drug-likeness (QED) is 0.528. The molecule has 2 N–H and O–H groups in total. The third kappa shape index (κ3) is 4.56. The van der Waals surface area contributed by atoms with Crippen LogP contribution in [0.2, 0.25) is 0 Å². The minimum Gasteiger partial charge on any atom is -0.493 e. The number of H-pyrrole nitrogens is 1. The van der Waals surface area contributed by atoms with Crippen LogP contribution in [-0.4, -0.2) is 35.9 Å². The summed E-state index contributed by atoms with van der Waals surface area (Å²) in [4.78, 5) is 12.9. The zero-order valence-corrected chi connectivity index (χ0v) is 17.7. The number of para-hydroxylation sites is 1. The molecule has 0 fully saturated rings. The molecule has 1 heterocycles. The summed E-state index contributed by atoms with van der Waals surface area (Å²) in [5.41, 5.74) is 2.94. The number of hydrogen-bond acceptors (Lipinski definition) is 5. The summed E-state index contributed by atoms with van der Waals surface area (Å²) in [6.07, 6.45) is 0. The van der Waals surface area contributed by atoms with Crippen LogP contribution in [0.5, 0.6) is 17.2 Å². The van der Waals surface area contributed by atoms with Crippen molar-refractivity contribution in [2.75, 3.05) is 25.1 Å². The van der Waals surface area contributed by atoms with Gasteiger partial charge in [0, 0.05) is 11.3 Å². The molecule has 1 amide bonds. The van der Waals surface area contributed by atoms with E-state index in [0.29, 0.717) is 48.5 Å². The van der Waals surface area contributed by atoms with Gasteiger partial charge >= 0.3 is 0 Å². The van der Waals surface area contributed by atoms with Crippen molar-refractivity contribution in [2.24, 2.45) is 0 Å². The number of nitrogens with one attached hydrogen (secondary N) is 2. The Kier molecular flexibility index (Phi) is 6.95. The Labute approximate surface area is 176 Å². The fourth-order valence-corrected chi connectivity index (χ4v) is 3.19. The Morgan fingerprint density at radius 1 is 0.933 bits per heavy atom. The summed E-state index contributed by atoms with van der Waals surface area (Å²) in [6.45, 7) is 9.18. The van der Waals surface area contributed by atoms with E-state index < -0.39 is 0 Å².